The highest BCUT2D eigenvalue weighted by Gasteiger charge is 2.44. The first-order chi connectivity index (χ1) is 27.0. The van der Waals surface area contributed by atoms with Gasteiger partial charge in [0.25, 0.3) is 5.91 Å². The number of hydrogen-bond donors (Lipinski definition) is 1. The molecule has 6 rings (SSSR count). The number of piperidine rings is 1. The smallest absolute Gasteiger partial charge is 0.320 e. The average molecular weight is 811 g/mol. The third kappa shape index (κ3) is 9.15. The van der Waals surface area contributed by atoms with Gasteiger partial charge in [0.2, 0.25) is 5.75 Å². The van der Waals surface area contributed by atoms with Crippen LogP contribution in [0.15, 0.2) is 60.7 Å². The molecule has 3 fully saturated rings. The van der Waals surface area contributed by atoms with Gasteiger partial charge in [0.05, 0.1) is 50.1 Å². The van der Waals surface area contributed by atoms with Gasteiger partial charge in [0.1, 0.15) is 0 Å². The largest absolute Gasteiger partial charge is 0.493 e. The maximum Gasteiger partial charge on any atom is 0.320 e. The van der Waals surface area contributed by atoms with E-state index in [0.29, 0.717) is 78.7 Å². The molecule has 302 valence electrons. The van der Waals surface area contributed by atoms with Gasteiger partial charge >= 0.3 is 12.0 Å². The molecule has 0 aliphatic carbocycles. The number of urea groups is 1. The maximum absolute atomic E-state index is 14.1. The van der Waals surface area contributed by atoms with E-state index in [-0.39, 0.29) is 29.9 Å². The summed E-state index contributed by atoms with van der Waals surface area (Å²) >= 11 is 13.0. The highest BCUT2D eigenvalue weighted by molar-refractivity contribution is 6.42. The zero-order valence-electron chi connectivity index (χ0n) is 32.8. The monoisotopic (exact) mass is 809 g/mol. The molecule has 3 amide bonds. The number of nitrogens with zero attached hydrogens (tertiary/aromatic N) is 4. The van der Waals surface area contributed by atoms with Crippen LogP contribution in [0.2, 0.25) is 10.0 Å². The molecular weight excluding hydrogens is 757 g/mol. The number of likely N-dealkylation sites (tertiary alicyclic amines) is 2. The quantitative estimate of drug-likeness (QED) is 0.206. The minimum Gasteiger partial charge on any atom is -0.493 e. The number of nitrogens with one attached hydrogen (secondary N) is 1. The summed E-state index contributed by atoms with van der Waals surface area (Å²) in [7, 11) is 4.61. The van der Waals surface area contributed by atoms with Crippen LogP contribution >= 0.6 is 23.2 Å². The van der Waals surface area contributed by atoms with E-state index in [9.17, 15) is 14.4 Å². The summed E-state index contributed by atoms with van der Waals surface area (Å²) in [6, 6.07) is 19.4. The minimum absolute atomic E-state index is 0.0838. The van der Waals surface area contributed by atoms with Crippen molar-refractivity contribution < 1.29 is 33.3 Å². The minimum atomic E-state index is -0.518. The lowest BCUT2D eigenvalue weighted by atomic mass is 9.76. The summed E-state index contributed by atoms with van der Waals surface area (Å²) in [5.74, 6) is 0.921. The number of carbonyl (C=O) groups is 3. The maximum atomic E-state index is 14.1. The van der Waals surface area contributed by atoms with E-state index in [1.54, 1.807) is 19.1 Å². The molecule has 0 radical (unpaired) electrons. The molecule has 0 saturated carbocycles. The third-order valence-corrected chi connectivity index (χ3v) is 12.4. The number of esters is 1. The van der Waals surface area contributed by atoms with Crippen LogP contribution in [-0.4, -0.2) is 131 Å². The highest BCUT2D eigenvalue weighted by Crippen LogP contribution is 2.43. The van der Waals surface area contributed by atoms with Crippen molar-refractivity contribution in [2.45, 2.75) is 43.6 Å². The molecule has 3 heterocycles. The lowest BCUT2D eigenvalue weighted by Crippen LogP contribution is -2.59. The number of carbonyl (C=O) groups excluding carboxylic acids is 3. The number of ether oxygens (including phenoxy) is 4. The van der Waals surface area contributed by atoms with Gasteiger partial charge in [-0.1, -0.05) is 59.6 Å². The zero-order valence-corrected chi connectivity index (χ0v) is 34.3. The van der Waals surface area contributed by atoms with Gasteiger partial charge in [0, 0.05) is 63.3 Å². The van der Waals surface area contributed by atoms with E-state index in [4.69, 9.17) is 42.1 Å². The Bertz CT molecular complexity index is 1830. The van der Waals surface area contributed by atoms with Crippen LogP contribution in [-0.2, 0) is 20.5 Å². The molecule has 3 aromatic rings. The summed E-state index contributed by atoms with van der Waals surface area (Å²) in [5, 5.41) is 4.44. The van der Waals surface area contributed by atoms with Gasteiger partial charge in [-0.2, -0.15) is 0 Å². The van der Waals surface area contributed by atoms with Crippen molar-refractivity contribution in [3.8, 4) is 17.2 Å². The van der Waals surface area contributed by atoms with Gasteiger partial charge in [-0.15, -0.1) is 0 Å². The molecular formula is C42H53Cl2N5O7. The summed E-state index contributed by atoms with van der Waals surface area (Å²) in [6.45, 7) is 8.15. The standard InChI is InChI=1S/C42H53Cl2N5O7/c1-5-56-37(50)28-47-21-23-48(24-22-47)40(52)45-42(31-9-7-6-8-10-31)15-18-46(19-16-42)17-13-41(32-11-12-33(43)34(44)27-32)14-20-49(29-41)39(51)30-25-35(53-2)38(55-4)36(26-30)54-3/h6-12,25-27H,5,13-24,28-29H2,1-4H3,(H,45,52)/t41-/m0/s1. The Labute approximate surface area is 339 Å². The number of halogens is 2. The van der Waals surface area contributed by atoms with E-state index < -0.39 is 5.54 Å². The van der Waals surface area contributed by atoms with Crippen LogP contribution in [0.4, 0.5) is 4.79 Å². The molecule has 0 aromatic heterocycles. The lowest BCUT2D eigenvalue weighted by molar-refractivity contribution is -0.144. The Kier molecular flexibility index (Phi) is 13.6. The Hall–Kier alpha value is -4.23. The summed E-state index contributed by atoms with van der Waals surface area (Å²) in [5.41, 5.74) is 1.73. The fraction of sp³-hybridized carbons (Fsp3) is 0.500. The molecule has 0 bridgehead atoms. The Morgan fingerprint density at radius 1 is 0.732 bits per heavy atom. The Morgan fingerprint density at radius 2 is 1.41 bits per heavy atom. The van der Waals surface area contributed by atoms with Gasteiger partial charge < -0.3 is 39.0 Å². The van der Waals surface area contributed by atoms with Crippen LogP contribution in [0.25, 0.3) is 0 Å². The number of benzene rings is 3. The molecule has 3 aromatic carbocycles. The summed E-state index contributed by atoms with van der Waals surface area (Å²) < 4.78 is 21.7. The Balaban J connectivity index is 1.15. The first kappa shape index (κ1) is 41.4. The van der Waals surface area contributed by atoms with Crippen molar-refractivity contribution in [2.24, 2.45) is 0 Å². The summed E-state index contributed by atoms with van der Waals surface area (Å²) in [4.78, 5) is 48.1. The van der Waals surface area contributed by atoms with Gasteiger partial charge in [0.15, 0.2) is 11.5 Å². The number of piperazine rings is 1. The molecule has 12 nitrogen and oxygen atoms in total. The van der Waals surface area contributed by atoms with E-state index in [1.165, 1.54) is 21.3 Å². The van der Waals surface area contributed by atoms with E-state index in [1.807, 2.05) is 51.1 Å². The van der Waals surface area contributed by atoms with Crippen LogP contribution in [0.3, 0.4) is 0 Å². The molecule has 3 aliphatic heterocycles. The van der Waals surface area contributed by atoms with Crippen molar-refractivity contribution in [1.29, 1.82) is 0 Å². The molecule has 1 N–H and O–H groups in total. The van der Waals surface area contributed by atoms with Gasteiger partial charge in [-0.05, 0) is 74.5 Å². The predicted molar refractivity (Wildman–Crippen MR) is 216 cm³/mol. The summed E-state index contributed by atoms with van der Waals surface area (Å²) in [6.07, 6.45) is 3.05. The zero-order chi connectivity index (χ0) is 39.9. The van der Waals surface area contributed by atoms with Crippen LogP contribution in [0.5, 0.6) is 17.2 Å². The van der Waals surface area contributed by atoms with Gasteiger partial charge in [-0.25, -0.2) is 4.79 Å². The first-order valence-electron chi connectivity index (χ1n) is 19.3. The van der Waals surface area contributed by atoms with Crippen molar-refractivity contribution >= 4 is 41.1 Å². The third-order valence-electron chi connectivity index (χ3n) is 11.7. The molecule has 0 spiro atoms. The highest BCUT2D eigenvalue weighted by atomic mass is 35.5. The first-order valence-corrected chi connectivity index (χ1v) is 20.1. The number of amides is 3. The van der Waals surface area contributed by atoms with Crippen molar-refractivity contribution in [3.05, 3.63) is 87.4 Å². The Morgan fingerprint density at radius 3 is 2.02 bits per heavy atom. The van der Waals surface area contributed by atoms with Gasteiger partial charge in [-0.3, -0.25) is 14.5 Å². The second-order valence-corrected chi connectivity index (χ2v) is 15.7. The molecule has 56 heavy (non-hydrogen) atoms. The molecule has 1 atom stereocenters. The second-order valence-electron chi connectivity index (χ2n) is 14.8. The molecule has 0 unspecified atom stereocenters. The van der Waals surface area contributed by atoms with Crippen LogP contribution in [0, 0.1) is 0 Å². The second kappa shape index (κ2) is 18.4. The van der Waals surface area contributed by atoms with Crippen molar-refractivity contribution in [1.82, 2.24) is 24.9 Å². The molecule has 14 heteroatoms. The fourth-order valence-electron chi connectivity index (χ4n) is 8.40. The lowest BCUT2D eigenvalue weighted by Gasteiger charge is -2.45. The fourth-order valence-corrected chi connectivity index (χ4v) is 8.70. The molecule has 3 saturated heterocycles. The van der Waals surface area contributed by atoms with Crippen LogP contribution < -0.4 is 19.5 Å². The van der Waals surface area contributed by atoms with Crippen molar-refractivity contribution in [3.63, 3.8) is 0 Å². The van der Waals surface area contributed by atoms with Crippen molar-refractivity contribution in [2.75, 3.05) is 93.4 Å². The normalized spacial score (nSPS) is 20.0. The number of rotatable bonds is 13. The SMILES string of the molecule is CCOC(=O)CN1CCN(C(=O)NC2(c3ccccc3)CCN(CC[C@]3(c4ccc(Cl)c(Cl)c4)CCN(C(=O)c4cc(OC)c(OC)c(OC)c4)C3)CC2)CC1. The molecule has 3 aliphatic rings. The predicted octanol–water partition coefficient (Wildman–Crippen LogP) is 6.07. The number of hydrogen-bond acceptors (Lipinski definition) is 9. The topological polar surface area (TPSA) is 113 Å². The van der Waals surface area contributed by atoms with E-state index in [2.05, 4.69) is 22.3 Å². The van der Waals surface area contributed by atoms with E-state index >= 15 is 0 Å². The van der Waals surface area contributed by atoms with E-state index in [0.717, 1.165) is 56.4 Å². The van der Waals surface area contributed by atoms with Crippen LogP contribution in [0.1, 0.15) is 54.1 Å². The number of methoxy groups -OCH3 is 3. The average Bonchev–Trinajstić information content (AvgIpc) is 3.67.